The largest absolute Gasteiger partial charge is 0.355 e. The molecule has 1 amide bonds. The van der Waals surface area contributed by atoms with Crippen LogP contribution in [0, 0.1) is 11.7 Å². The first-order valence-corrected chi connectivity index (χ1v) is 9.43. The van der Waals surface area contributed by atoms with E-state index in [-0.39, 0.29) is 23.3 Å². The number of piperidine rings is 1. The summed E-state index contributed by atoms with van der Waals surface area (Å²) in [6, 6.07) is 4.77. The summed E-state index contributed by atoms with van der Waals surface area (Å²) < 4.78 is 39.6. The van der Waals surface area contributed by atoms with E-state index < -0.39 is 15.8 Å². The molecule has 24 heavy (non-hydrogen) atoms. The highest BCUT2D eigenvalue weighted by atomic mass is 32.2. The lowest BCUT2D eigenvalue weighted by Crippen LogP contribution is -2.46. The summed E-state index contributed by atoms with van der Waals surface area (Å²) in [7, 11) is 0.140. The summed E-state index contributed by atoms with van der Waals surface area (Å²) in [5.74, 6) is -0.947. The summed E-state index contributed by atoms with van der Waals surface area (Å²) in [4.78, 5) is 14.3. The van der Waals surface area contributed by atoms with Crippen LogP contribution in [-0.2, 0) is 14.8 Å². The van der Waals surface area contributed by atoms with Crippen LogP contribution in [-0.4, -0.2) is 63.8 Å². The van der Waals surface area contributed by atoms with Crippen molar-refractivity contribution in [2.24, 2.45) is 5.92 Å². The number of nitrogens with one attached hydrogen (secondary N) is 1. The number of sulfonamides is 1. The van der Waals surface area contributed by atoms with Crippen molar-refractivity contribution < 1.29 is 17.6 Å². The molecule has 2 rings (SSSR count). The van der Waals surface area contributed by atoms with Crippen molar-refractivity contribution in [3.05, 3.63) is 30.1 Å². The number of carbonyl (C=O) groups is 1. The van der Waals surface area contributed by atoms with Gasteiger partial charge in [-0.2, -0.15) is 4.31 Å². The minimum Gasteiger partial charge on any atom is -0.355 e. The van der Waals surface area contributed by atoms with E-state index in [9.17, 15) is 17.6 Å². The monoisotopic (exact) mass is 357 g/mol. The molecule has 8 heteroatoms. The summed E-state index contributed by atoms with van der Waals surface area (Å²) in [6.07, 6.45) is 1.30. The molecule has 1 aromatic carbocycles. The Morgan fingerprint density at radius 3 is 2.62 bits per heavy atom. The third kappa shape index (κ3) is 4.75. The van der Waals surface area contributed by atoms with Gasteiger partial charge in [-0.15, -0.1) is 0 Å². The number of halogens is 1. The predicted molar refractivity (Wildman–Crippen MR) is 89.4 cm³/mol. The molecule has 1 aromatic rings. The van der Waals surface area contributed by atoms with Gasteiger partial charge in [-0.25, -0.2) is 12.8 Å². The highest BCUT2D eigenvalue weighted by Crippen LogP contribution is 2.24. The topological polar surface area (TPSA) is 69.7 Å². The van der Waals surface area contributed by atoms with Gasteiger partial charge in [-0.1, -0.05) is 0 Å². The molecule has 1 saturated heterocycles. The fourth-order valence-corrected chi connectivity index (χ4v) is 4.20. The molecule has 1 heterocycles. The normalized spacial score (nSPS) is 19.4. The third-order valence-electron chi connectivity index (χ3n) is 4.06. The fraction of sp³-hybridized carbons (Fsp3) is 0.562. The third-order valence-corrected chi connectivity index (χ3v) is 5.94. The number of likely N-dealkylation sites (N-methyl/N-ethyl adjacent to an activating group) is 1. The lowest BCUT2D eigenvalue weighted by molar-refractivity contribution is -0.126. The van der Waals surface area contributed by atoms with Crippen molar-refractivity contribution >= 4 is 15.9 Å². The van der Waals surface area contributed by atoms with Crippen LogP contribution in [0.25, 0.3) is 0 Å². The smallest absolute Gasteiger partial charge is 0.243 e. The number of rotatable bonds is 6. The number of nitrogens with zero attached hydrogens (tertiary/aromatic N) is 2. The van der Waals surface area contributed by atoms with Crippen molar-refractivity contribution in [3.8, 4) is 0 Å². The molecule has 0 aliphatic carbocycles. The highest BCUT2D eigenvalue weighted by Gasteiger charge is 2.33. The maximum absolute atomic E-state index is 13.0. The van der Waals surface area contributed by atoms with E-state index in [1.807, 2.05) is 19.0 Å². The molecule has 1 aliphatic heterocycles. The Morgan fingerprint density at radius 1 is 1.33 bits per heavy atom. The molecule has 1 aliphatic rings. The molecule has 0 unspecified atom stereocenters. The number of carbonyl (C=O) groups excluding carboxylic acids is 1. The molecule has 0 saturated carbocycles. The van der Waals surface area contributed by atoms with Crippen molar-refractivity contribution in [2.75, 3.05) is 40.3 Å². The van der Waals surface area contributed by atoms with Crippen molar-refractivity contribution in [3.63, 3.8) is 0 Å². The number of hydrogen-bond acceptors (Lipinski definition) is 4. The van der Waals surface area contributed by atoms with Crippen LogP contribution in [0.5, 0.6) is 0 Å². The van der Waals surface area contributed by atoms with Crippen LogP contribution in [0.15, 0.2) is 29.2 Å². The molecule has 1 N–H and O–H groups in total. The first-order valence-electron chi connectivity index (χ1n) is 7.99. The maximum Gasteiger partial charge on any atom is 0.243 e. The van der Waals surface area contributed by atoms with E-state index in [4.69, 9.17) is 0 Å². The Morgan fingerprint density at radius 2 is 2.00 bits per heavy atom. The Balaban J connectivity index is 2.01. The van der Waals surface area contributed by atoms with Crippen LogP contribution in [0.3, 0.4) is 0 Å². The Kier molecular flexibility index (Phi) is 6.31. The van der Waals surface area contributed by atoms with E-state index in [0.717, 1.165) is 18.7 Å². The Bertz CT molecular complexity index is 662. The summed E-state index contributed by atoms with van der Waals surface area (Å²) in [5.41, 5.74) is 0. The minimum atomic E-state index is -3.70. The Hall–Kier alpha value is -1.51. The van der Waals surface area contributed by atoms with Crippen molar-refractivity contribution in [1.82, 2.24) is 14.5 Å². The van der Waals surface area contributed by atoms with Crippen LogP contribution in [0.1, 0.15) is 12.8 Å². The van der Waals surface area contributed by atoms with Gasteiger partial charge in [-0.3, -0.25) is 4.79 Å². The van der Waals surface area contributed by atoms with Gasteiger partial charge in [0.25, 0.3) is 0 Å². The summed E-state index contributed by atoms with van der Waals surface area (Å²) in [6.45, 7) is 1.80. The summed E-state index contributed by atoms with van der Waals surface area (Å²) in [5, 5.41) is 2.85. The molecule has 0 aromatic heterocycles. The molecule has 134 valence electrons. The quantitative estimate of drug-likeness (QED) is 0.821. The lowest BCUT2D eigenvalue weighted by Gasteiger charge is -2.31. The van der Waals surface area contributed by atoms with Gasteiger partial charge in [0.15, 0.2) is 0 Å². The maximum atomic E-state index is 13.0. The molecule has 0 radical (unpaired) electrons. The zero-order valence-electron chi connectivity index (χ0n) is 14.0. The van der Waals surface area contributed by atoms with Crippen molar-refractivity contribution in [1.29, 1.82) is 0 Å². The Labute approximate surface area is 142 Å². The fourth-order valence-electron chi connectivity index (χ4n) is 2.68. The minimum absolute atomic E-state index is 0.0533. The zero-order valence-corrected chi connectivity index (χ0v) is 14.9. The molecule has 6 nitrogen and oxygen atoms in total. The summed E-state index contributed by atoms with van der Waals surface area (Å²) >= 11 is 0. The van der Waals surface area contributed by atoms with E-state index in [2.05, 4.69) is 5.32 Å². The average Bonchev–Trinajstić information content (AvgIpc) is 2.55. The number of benzene rings is 1. The number of hydrogen-bond donors (Lipinski definition) is 1. The van der Waals surface area contributed by atoms with Crippen LogP contribution in [0.2, 0.25) is 0 Å². The molecule has 1 fully saturated rings. The average molecular weight is 357 g/mol. The standard InChI is InChI=1S/C16H24FN3O3S/c1-19(2)11-9-18-16(21)13-4-3-10-20(12-13)24(22,23)15-7-5-14(17)6-8-15/h5-8,13H,3-4,9-12H2,1-2H3,(H,18,21)/t13-/m0/s1. The highest BCUT2D eigenvalue weighted by molar-refractivity contribution is 7.89. The first kappa shape index (κ1) is 18.8. The van der Waals surface area contributed by atoms with E-state index in [1.165, 1.54) is 16.4 Å². The van der Waals surface area contributed by atoms with Gasteiger partial charge in [0.1, 0.15) is 5.82 Å². The van der Waals surface area contributed by atoms with Crippen LogP contribution < -0.4 is 5.32 Å². The van der Waals surface area contributed by atoms with Gasteiger partial charge >= 0.3 is 0 Å². The molecule has 0 bridgehead atoms. The van der Waals surface area contributed by atoms with Gasteiger partial charge < -0.3 is 10.2 Å². The van der Waals surface area contributed by atoms with E-state index >= 15 is 0 Å². The van der Waals surface area contributed by atoms with Gasteiger partial charge in [0, 0.05) is 26.2 Å². The van der Waals surface area contributed by atoms with Gasteiger partial charge in [-0.05, 0) is 51.2 Å². The second-order valence-corrected chi connectivity index (χ2v) is 8.19. The van der Waals surface area contributed by atoms with E-state index in [0.29, 0.717) is 25.9 Å². The van der Waals surface area contributed by atoms with Crippen molar-refractivity contribution in [2.45, 2.75) is 17.7 Å². The predicted octanol–water partition coefficient (Wildman–Crippen LogP) is 0.904. The second-order valence-electron chi connectivity index (χ2n) is 6.25. The van der Waals surface area contributed by atoms with Crippen LogP contribution in [0.4, 0.5) is 4.39 Å². The number of amides is 1. The first-order chi connectivity index (χ1) is 11.3. The zero-order chi connectivity index (χ0) is 17.7. The molecule has 0 spiro atoms. The molecule has 1 atom stereocenters. The van der Waals surface area contributed by atoms with Crippen LogP contribution >= 0.6 is 0 Å². The molecular weight excluding hydrogens is 333 g/mol. The van der Waals surface area contributed by atoms with Gasteiger partial charge in [0.2, 0.25) is 15.9 Å². The second kappa shape index (κ2) is 8.04. The van der Waals surface area contributed by atoms with E-state index in [1.54, 1.807) is 0 Å². The lowest BCUT2D eigenvalue weighted by atomic mass is 9.99. The molecular formula is C16H24FN3O3S. The SMILES string of the molecule is CN(C)CCNC(=O)[C@H]1CCCN(S(=O)(=O)c2ccc(F)cc2)C1. The van der Waals surface area contributed by atoms with Gasteiger partial charge in [0.05, 0.1) is 10.8 Å².